The van der Waals surface area contributed by atoms with Gasteiger partial charge in [0.2, 0.25) is 0 Å². The number of methoxy groups -OCH3 is 1. The van der Waals surface area contributed by atoms with Gasteiger partial charge in [0.1, 0.15) is 12.6 Å². The Bertz CT molecular complexity index is 1290. The lowest BCUT2D eigenvalue weighted by Crippen LogP contribution is -2.42. The molecule has 0 aliphatic heterocycles. The van der Waals surface area contributed by atoms with Gasteiger partial charge in [-0.25, -0.2) is 9.59 Å². The van der Waals surface area contributed by atoms with Crippen LogP contribution in [0.4, 0.5) is 4.79 Å². The number of rotatable bonds is 10. The second-order valence-corrected chi connectivity index (χ2v) is 8.57. The SMILES string of the molecule is COC(=O)N(CC(=O)O)Cc1cccc(-c2ccc(CC(NC(=O)c3ccccc3Cl)C(=O)O)cc2)c1. The van der Waals surface area contributed by atoms with Crippen LogP contribution in [0.15, 0.2) is 72.8 Å². The molecule has 0 fully saturated rings. The van der Waals surface area contributed by atoms with Crippen molar-refractivity contribution < 1.29 is 34.1 Å². The van der Waals surface area contributed by atoms with E-state index in [1.165, 1.54) is 13.2 Å². The van der Waals surface area contributed by atoms with E-state index in [2.05, 4.69) is 10.1 Å². The Morgan fingerprint density at radius 1 is 0.919 bits per heavy atom. The molecule has 10 heteroatoms. The van der Waals surface area contributed by atoms with Crippen LogP contribution in [0.25, 0.3) is 11.1 Å². The van der Waals surface area contributed by atoms with Crippen molar-refractivity contribution in [3.8, 4) is 11.1 Å². The van der Waals surface area contributed by atoms with Crippen LogP contribution in [0.1, 0.15) is 21.5 Å². The molecule has 37 heavy (non-hydrogen) atoms. The van der Waals surface area contributed by atoms with Gasteiger partial charge in [-0.3, -0.25) is 14.5 Å². The van der Waals surface area contributed by atoms with Crippen LogP contribution < -0.4 is 5.32 Å². The Hall–Kier alpha value is -4.37. The average molecular weight is 525 g/mol. The zero-order valence-electron chi connectivity index (χ0n) is 19.9. The zero-order valence-corrected chi connectivity index (χ0v) is 20.6. The standard InChI is InChI=1S/C27H25ClN2O7/c1-37-27(36)30(16-24(31)32)15-18-5-4-6-20(13-18)19-11-9-17(10-12-19)14-23(26(34)35)29-25(33)21-7-2-3-8-22(21)28/h2-13,23H,14-16H2,1H3,(H,29,33)(H,31,32)(H,34,35). The normalized spacial score (nSPS) is 11.3. The molecule has 2 amide bonds. The number of carboxylic acids is 2. The topological polar surface area (TPSA) is 133 Å². The van der Waals surface area contributed by atoms with Crippen molar-refractivity contribution in [2.75, 3.05) is 13.7 Å². The molecule has 0 aliphatic rings. The molecule has 3 N–H and O–H groups in total. The highest BCUT2D eigenvalue weighted by Gasteiger charge is 2.22. The summed E-state index contributed by atoms with van der Waals surface area (Å²) in [7, 11) is 1.19. The van der Waals surface area contributed by atoms with E-state index >= 15 is 0 Å². The van der Waals surface area contributed by atoms with E-state index in [1.54, 1.807) is 42.5 Å². The summed E-state index contributed by atoms with van der Waals surface area (Å²) in [4.78, 5) is 48.4. The predicted molar refractivity (Wildman–Crippen MR) is 136 cm³/mol. The molecule has 0 bridgehead atoms. The lowest BCUT2D eigenvalue weighted by molar-refractivity contribution is -0.139. The Morgan fingerprint density at radius 3 is 2.24 bits per heavy atom. The highest BCUT2D eigenvalue weighted by Crippen LogP contribution is 2.23. The first-order chi connectivity index (χ1) is 17.7. The summed E-state index contributed by atoms with van der Waals surface area (Å²) in [5, 5.41) is 21.4. The van der Waals surface area contributed by atoms with E-state index in [-0.39, 0.29) is 23.6 Å². The monoisotopic (exact) mass is 524 g/mol. The van der Waals surface area contributed by atoms with E-state index in [0.29, 0.717) is 11.1 Å². The van der Waals surface area contributed by atoms with Crippen LogP contribution in [0, 0.1) is 0 Å². The molecule has 3 aromatic carbocycles. The van der Waals surface area contributed by atoms with Gasteiger partial charge in [0, 0.05) is 13.0 Å². The number of carboxylic acid groups (broad SMARTS) is 2. The quantitative estimate of drug-likeness (QED) is 0.364. The second kappa shape index (κ2) is 12.5. The fraction of sp³-hybridized carbons (Fsp3) is 0.185. The van der Waals surface area contributed by atoms with Gasteiger partial charge in [0.25, 0.3) is 5.91 Å². The molecule has 0 radical (unpaired) electrons. The van der Waals surface area contributed by atoms with Crippen LogP contribution in [0.5, 0.6) is 0 Å². The van der Waals surface area contributed by atoms with Gasteiger partial charge in [-0.15, -0.1) is 0 Å². The molecule has 0 aliphatic carbocycles. The number of nitrogens with zero attached hydrogens (tertiary/aromatic N) is 1. The number of aliphatic carboxylic acids is 2. The van der Waals surface area contributed by atoms with Gasteiger partial charge in [0.05, 0.1) is 17.7 Å². The van der Waals surface area contributed by atoms with Gasteiger partial charge in [0.15, 0.2) is 0 Å². The van der Waals surface area contributed by atoms with Crippen molar-refractivity contribution >= 4 is 35.5 Å². The number of ether oxygens (including phenoxy) is 1. The summed E-state index contributed by atoms with van der Waals surface area (Å²) < 4.78 is 4.67. The van der Waals surface area contributed by atoms with Crippen molar-refractivity contribution in [1.29, 1.82) is 0 Å². The first kappa shape index (κ1) is 27.2. The molecule has 1 atom stereocenters. The Kier molecular flexibility index (Phi) is 9.23. The van der Waals surface area contributed by atoms with Crippen molar-refractivity contribution in [2.45, 2.75) is 19.0 Å². The van der Waals surface area contributed by atoms with E-state index < -0.39 is 36.5 Å². The van der Waals surface area contributed by atoms with Gasteiger partial charge < -0.3 is 20.3 Å². The Balaban J connectivity index is 1.72. The van der Waals surface area contributed by atoms with Crippen LogP contribution in [-0.2, 0) is 27.3 Å². The van der Waals surface area contributed by atoms with Gasteiger partial charge in [-0.1, -0.05) is 66.2 Å². The zero-order chi connectivity index (χ0) is 26.9. The molecule has 0 saturated heterocycles. The summed E-state index contributed by atoms with van der Waals surface area (Å²) in [6.07, 6.45) is -0.679. The highest BCUT2D eigenvalue weighted by molar-refractivity contribution is 6.33. The molecule has 3 aromatic rings. The number of hydrogen-bond acceptors (Lipinski definition) is 5. The van der Waals surface area contributed by atoms with Gasteiger partial charge in [-0.2, -0.15) is 0 Å². The molecule has 192 valence electrons. The van der Waals surface area contributed by atoms with Crippen LogP contribution in [-0.4, -0.2) is 58.7 Å². The maximum absolute atomic E-state index is 12.5. The molecule has 3 rings (SSSR count). The van der Waals surface area contributed by atoms with Crippen LogP contribution in [0.2, 0.25) is 5.02 Å². The molecule has 1 unspecified atom stereocenters. The summed E-state index contributed by atoms with van der Waals surface area (Å²) in [6, 6.07) is 19.7. The van der Waals surface area contributed by atoms with E-state index in [1.807, 2.05) is 24.3 Å². The predicted octanol–water partition coefficient (Wildman–Crippen LogP) is 4.09. The first-order valence-electron chi connectivity index (χ1n) is 11.2. The smallest absolute Gasteiger partial charge is 0.410 e. The minimum Gasteiger partial charge on any atom is -0.480 e. The van der Waals surface area contributed by atoms with E-state index in [4.69, 9.17) is 16.7 Å². The number of carbonyl (C=O) groups excluding carboxylic acids is 2. The summed E-state index contributed by atoms with van der Waals surface area (Å²) in [5.74, 6) is -2.90. The number of nitrogens with one attached hydrogen (secondary N) is 1. The summed E-state index contributed by atoms with van der Waals surface area (Å²) in [6.45, 7) is -0.445. The van der Waals surface area contributed by atoms with Gasteiger partial charge >= 0.3 is 18.0 Å². The van der Waals surface area contributed by atoms with Crippen molar-refractivity contribution in [3.05, 3.63) is 94.5 Å². The number of amides is 2. The fourth-order valence-corrected chi connectivity index (χ4v) is 3.92. The Labute approximate surface area is 218 Å². The van der Waals surface area contributed by atoms with Crippen LogP contribution >= 0.6 is 11.6 Å². The van der Waals surface area contributed by atoms with Crippen molar-refractivity contribution in [2.24, 2.45) is 0 Å². The molecule has 0 saturated carbocycles. The number of benzene rings is 3. The fourth-order valence-electron chi connectivity index (χ4n) is 3.70. The number of hydrogen-bond donors (Lipinski definition) is 3. The minimum atomic E-state index is -1.17. The average Bonchev–Trinajstić information content (AvgIpc) is 2.88. The number of halogens is 1. The largest absolute Gasteiger partial charge is 0.480 e. The third kappa shape index (κ3) is 7.55. The summed E-state index contributed by atoms with van der Waals surface area (Å²) in [5.41, 5.74) is 3.26. The minimum absolute atomic E-state index is 0.0519. The maximum atomic E-state index is 12.5. The molecular weight excluding hydrogens is 500 g/mol. The van der Waals surface area contributed by atoms with Crippen LogP contribution in [0.3, 0.4) is 0 Å². The third-order valence-electron chi connectivity index (χ3n) is 5.51. The molecular formula is C27H25ClN2O7. The maximum Gasteiger partial charge on any atom is 0.410 e. The molecule has 9 nitrogen and oxygen atoms in total. The van der Waals surface area contributed by atoms with E-state index in [0.717, 1.165) is 16.0 Å². The van der Waals surface area contributed by atoms with Gasteiger partial charge in [-0.05, 0) is 40.5 Å². The second-order valence-electron chi connectivity index (χ2n) is 8.17. The highest BCUT2D eigenvalue weighted by atomic mass is 35.5. The number of carbonyl (C=O) groups is 4. The van der Waals surface area contributed by atoms with Crippen molar-refractivity contribution in [1.82, 2.24) is 10.2 Å². The third-order valence-corrected chi connectivity index (χ3v) is 5.84. The molecule has 0 aromatic heterocycles. The summed E-state index contributed by atoms with van der Waals surface area (Å²) >= 11 is 6.04. The van der Waals surface area contributed by atoms with Crippen molar-refractivity contribution in [3.63, 3.8) is 0 Å². The molecule has 0 spiro atoms. The lowest BCUT2D eigenvalue weighted by Gasteiger charge is -2.19. The Morgan fingerprint density at radius 2 is 1.62 bits per heavy atom. The van der Waals surface area contributed by atoms with E-state index in [9.17, 15) is 24.3 Å². The lowest BCUT2D eigenvalue weighted by atomic mass is 9.99. The first-order valence-corrected chi connectivity index (χ1v) is 11.6. The molecule has 0 heterocycles.